The van der Waals surface area contributed by atoms with Crippen molar-refractivity contribution in [3.05, 3.63) is 22.6 Å². The van der Waals surface area contributed by atoms with Crippen LogP contribution in [0.3, 0.4) is 0 Å². The minimum atomic E-state index is -4.56. The van der Waals surface area contributed by atoms with E-state index in [4.69, 9.17) is 4.74 Å². The Kier molecular flexibility index (Phi) is 4.89. The second-order valence-electron chi connectivity index (χ2n) is 6.62. The predicted molar refractivity (Wildman–Crippen MR) is 98.8 cm³/mol. The van der Waals surface area contributed by atoms with Gasteiger partial charge in [-0.15, -0.1) is 21.5 Å². The maximum absolute atomic E-state index is 13.1. The molecule has 0 fully saturated rings. The number of aryl methyl sites for hydroxylation is 1. The number of hydrogen-bond acceptors (Lipinski definition) is 8. The van der Waals surface area contributed by atoms with E-state index in [0.717, 1.165) is 27.7 Å². The Morgan fingerprint density at radius 2 is 2.07 bits per heavy atom. The van der Waals surface area contributed by atoms with Gasteiger partial charge >= 0.3 is 18.2 Å². The van der Waals surface area contributed by atoms with E-state index in [9.17, 15) is 18.0 Å². The summed E-state index contributed by atoms with van der Waals surface area (Å²) in [6.07, 6.45) is -2.73. The molecule has 0 aromatic carbocycles. The van der Waals surface area contributed by atoms with Crippen molar-refractivity contribution in [1.82, 2.24) is 24.7 Å². The van der Waals surface area contributed by atoms with Gasteiger partial charge in [-0.25, -0.2) is 0 Å². The Bertz CT molecular complexity index is 1080. The minimum Gasteiger partial charge on any atom is -0.391 e. The molecular weight excluding hydrogens is 409 g/mol. The van der Waals surface area contributed by atoms with E-state index in [2.05, 4.69) is 27.1 Å². The standard InChI is InChI=1S/C17H17F3N6O2S/c1-3-4-10-7-11-13(21-16(28-9(2)27)22-14(11)29-10)25-5-6-26-12(8-25)23-24-15(26)17(18,19)20/h7H,3-6,8H2,1-2H3. The Hall–Kier alpha value is -2.76. The second kappa shape index (κ2) is 7.25. The third-order valence-electron chi connectivity index (χ3n) is 4.44. The molecule has 0 N–H and O–H groups in total. The zero-order valence-corrected chi connectivity index (χ0v) is 16.5. The SMILES string of the molecule is CCCc1cc2c(N3CCn4c(nnc4C(F)(F)F)C3)nc(OC(C)=O)nc2s1. The lowest BCUT2D eigenvalue weighted by atomic mass is 10.2. The third-order valence-corrected chi connectivity index (χ3v) is 5.53. The van der Waals surface area contributed by atoms with Gasteiger partial charge in [0.05, 0.1) is 11.9 Å². The van der Waals surface area contributed by atoms with Crippen LogP contribution in [0.15, 0.2) is 6.07 Å². The summed E-state index contributed by atoms with van der Waals surface area (Å²) in [5.41, 5.74) is 0. The molecule has 3 aromatic rings. The van der Waals surface area contributed by atoms with E-state index in [-0.39, 0.29) is 31.5 Å². The number of rotatable bonds is 4. The molecule has 0 saturated carbocycles. The number of fused-ring (bicyclic) bond motifs is 2. The molecule has 1 aliphatic rings. The van der Waals surface area contributed by atoms with Crippen molar-refractivity contribution in [3.8, 4) is 6.01 Å². The van der Waals surface area contributed by atoms with Crippen LogP contribution in [0.2, 0.25) is 0 Å². The Morgan fingerprint density at radius 3 is 2.76 bits per heavy atom. The summed E-state index contributed by atoms with van der Waals surface area (Å²) >= 11 is 1.48. The number of aromatic nitrogens is 5. The number of nitrogens with zero attached hydrogens (tertiary/aromatic N) is 6. The molecule has 154 valence electrons. The maximum atomic E-state index is 13.1. The first-order chi connectivity index (χ1) is 13.8. The highest BCUT2D eigenvalue weighted by Crippen LogP contribution is 2.35. The summed E-state index contributed by atoms with van der Waals surface area (Å²) in [6, 6.07) is 1.91. The van der Waals surface area contributed by atoms with Gasteiger partial charge < -0.3 is 14.2 Å². The molecule has 0 spiro atoms. The largest absolute Gasteiger partial charge is 0.451 e. The monoisotopic (exact) mass is 426 g/mol. The molecule has 0 amide bonds. The first kappa shape index (κ1) is 19.6. The molecule has 0 bridgehead atoms. The lowest BCUT2D eigenvalue weighted by Crippen LogP contribution is -2.36. The fourth-order valence-electron chi connectivity index (χ4n) is 3.27. The summed E-state index contributed by atoms with van der Waals surface area (Å²) in [6.45, 7) is 3.77. The molecule has 0 unspecified atom stereocenters. The highest BCUT2D eigenvalue weighted by molar-refractivity contribution is 7.18. The Morgan fingerprint density at radius 1 is 1.28 bits per heavy atom. The fourth-order valence-corrected chi connectivity index (χ4v) is 4.39. The number of hydrogen-bond donors (Lipinski definition) is 0. The van der Waals surface area contributed by atoms with Crippen molar-refractivity contribution in [2.24, 2.45) is 0 Å². The van der Waals surface area contributed by atoms with Gasteiger partial charge in [0.25, 0.3) is 0 Å². The smallest absolute Gasteiger partial charge is 0.391 e. The highest BCUT2D eigenvalue weighted by Gasteiger charge is 2.39. The van der Waals surface area contributed by atoms with Crippen molar-refractivity contribution < 1.29 is 22.7 Å². The predicted octanol–water partition coefficient (Wildman–Crippen LogP) is 3.20. The van der Waals surface area contributed by atoms with Crippen molar-refractivity contribution in [2.75, 3.05) is 11.4 Å². The number of carbonyl (C=O) groups excluding carboxylic acids is 1. The van der Waals surface area contributed by atoms with Crippen molar-refractivity contribution in [1.29, 1.82) is 0 Å². The van der Waals surface area contributed by atoms with Gasteiger partial charge in [0.2, 0.25) is 5.82 Å². The van der Waals surface area contributed by atoms with E-state index in [1.165, 1.54) is 18.3 Å². The molecule has 0 atom stereocenters. The molecule has 29 heavy (non-hydrogen) atoms. The van der Waals surface area contributed by atoms with Crippen LogP contribution in [-0.2, 0) is 30.5 Å². The number of anilines is 1. The van der Waals surface area contributed by atoms with Gasteiger partial charge in [0.15, 0.2) is 5.82 Å². The first-order valence-electron chi connectivity index (χ1n) is 8.99. The van der Waals surface area contributed by atoms with Crippen LogP contribution in [0.25, 0.3) is 10.2 Å². The molecule has 0 aliphatic carbocycles. The number of ether oxygens (including phenoxy) is 1. The van der Waals surface area contributed by atoms with E-state index in [1.807, 2.05) is 11.0 Å². The molecule has 4 rings (SSSR count). The van der Waals surface area contributed by atoms with Crippen molar-refractivity contribution >= 4 is 33.3 Å². The number of esters is 1. The topological polar surface area (TPSA) is 86.0 Å². The lowest BCUT2D eigenvalue weighted by Gasteiger charge is -2.29. The minimum absolute atomic E-state index is 0.0670. The Labute approximate surface area is 167 Å². The van der Waals surface area contributed by atoms with Crippen LogP contribution in [0.1, 0.15) is 36.8 Å². The van der Waals surface area contributed by atoms with Gasteiger partial charge in [0.1, 0.15) is 10.6 Å². The summed E-state index contributed by atoms with van der Waals surface area (Å²) in [5, 5.41) is 7.79. The van der Waals surface area contributed by atoms with Gasteiger partial charge in [0, 0.05) is 24.9 Å². The summed E-state index contributed by atoms with van der Waals surface area (Å²) in [5.74, 6) is -0.837. The van der Waals surface area contributed by atoms with E-state index in [1.54, 1.807) is 0 Å². The van der Waals surface area contributed by atoms with E-state index < -0.39 is 18.0 Å². The van der Waals surface area contributed by atoms with Crippen LogP contribution in [0.4, 0.5) is 19.0 Å². The normalized spacial score (nSPS) is 14.3. The molecule has 4 heterocycles. The van der Waals surface area contributed by atoms with E-state index >= 15 is 0 Å². The summed E-state index contributed by atoms with van der Waals surface area (Å²) in [7, 11) is 0. The molecule has 0 saturated heterocycles. The average Bonchev–Trinajstić information content (AvgIpc) is 3.23. The molecule has 1 aliphatic heterocycles. The quantitative estimate of drug-likeness (QED) is 0.592. The molecule has 12 heteroatoms. The number of alkyl halides is 3. The van der Waals surface area contributed by atoms with Crippen molar-refractivity contribution in [2.45, 2.75) is 46.0 Å². The first-order valence-corrected chi connectivity index (χ1v) is 9.81. The van der Waals surface area contributed by atoms with Gasteiger partial charge in [-0.05, 0) is 12.5 Å². The number of thiophene rings is 1. The average molecular weight is 426 g/mol. The maximum Gasteiger partial charge on any atom is 0.451 e. The Balaban J connectivity index is 1.74. The molecule has 0 radical (unpaired) electrons. The second-order valence-corrected chi connectivity index (χ2v) is 7.73. The highest BCUT2D eigenvalue weighted by atomic mass is 32.1. The van der Waals surface area contributed by atoms with Gasteiger partial charge in [-0.2, -0.15) is 23.1 Å². The molecular formula is C17H17F3N6O2S. The zero-order valence-electron chi connectivity index (χ0n) is 15.7. The van der Waals surface area contributed by atoms with Crippen LogP contribution in [-0.4, -0.2) is 37.2 Å². The van der Waals surface area contributed by atoms with Crippen LogP contribution in [0, 0.1) is 0 Å². The third kappa shape index (κ3) is 3.76. The summed E-state index contributed by atoms with van der Waals surface area (Å²) < 4.78 is 45.4. The lowest BCUT2D eigenvalue weighted by molar-refractivity contribution is -0.147. The number of halogens is 3. The molecule has 8 nitrogen and oxygen atoms in total. The summed E-state index contributed by atoms with van der Waals surface area (Å²) in [4.78, 5) is 23.6. The molecule has 3 aromatic heterocycles. The fraction of sp³-hybridized carbons (Fsp3) is 0.471. The van der Waals surface area contributed by atoms with Crippen molar-refractivity contribution in [3.63, 3.8) is 0 Å². The van der Waals surface area contributed by atoms with Crippen LogP contribution < -0.4 is 9.64 Å². The zero-order chi connectivity index (χ0) is 20.8. The van der Waals surface area contributed by atoms with Gasteiger partial charge in [-0.1, -0.05) is 13.3 Å². The van der Waals surface area contributed by atoms with Crippen LogP contribution >= 0.6 is 11.3 Å². The van der Waals surface area contributed by atoms with Crippen LogP contribution in [0.5, 0.6) is 6.01 Å². The van der Waals surface area contributed by atoms with Gasteiger partial charge in [-0.3, -0.25) is 4.79 Å². The number of carbonyl (C=O) groups is 1. The van der Waals surface area contributed by atoms with E-state index in [0.29, 0.717) is 10.6 Å².